The fourth-order valence-corrected chi connectivity index (χ4v) is 10.5. The van der Waals surface area contributed by atoms with E-state index in [4.69, 9.17) is 0 Å². The van der Waals surface area contributed by atoms with E-state index in [1.807, 2.05) is 11.3 Å². The smallest absolute Gasteiger partial charge is 0.0433 e. The molecule has 0 amide bonds. The van der Waals surface area contributed by atoms with Crippen molar-refractivity contribution >= 4 is 63.8 Å². The number of hydrogen-bond acceptors (Lipinski definition) is 1. The van der Waals surface area contributed by atoms with Crippen LogP contribution in [0.1, 0.15) is 25.0 Å². The van der Waals surface area contributed by atoms with Crippen LogP contribution in [0.15, 0.2) is 170 Å². The fraction of sp³-hybridized carbons (Fsp3) is 0.0588. The molecule has 1 heteroatoms. The summed E-state index contributed by atoms with van der Waals surface area (Å²) in [6.45, 7) is 4.70. The number of hydrogen-bond donors (Lipinski definition) is 0. The van der Waals surface area contributed by atoms with Crippen LogP contribution in [0.5, 0.6) is 0 Å². The average molecular weight is 679 g/mol. The summed E-state index contributed by atoms with van der Waals surface area (Å²) in [5, 5.41) is 10.3. The second-order valence-corrected chi connectivity index (χ2v) is 15.8. The molecule has 0 saturated carbocycles. The zero-order chi connectivity index (χ0) is 34.6. The third-order valence-electron chi connectivity index (χ3n) is 11.7. The Hall–Kier alpha value is -6.02. The lowest BCUT2D eigenvalue weighted by Crippen LogP contribution is -2.14. The van der Waals surface area contributed by atoms with E-state index in [0.717, 1.165) is 0 Å². The van der Waals surface area contributed by atoms with Gasteiger partial charge in [0.1, 0.15) is 0 Å². The van der Waals surface area contributed by atoms with Gasteiger partial charge in [0.2, 0.25) is 0 Å². The number of rotatable bonds is 3. The highest BCUT2D eigenvalue weighted by Crippen LogP contribution is 2.51. The van der Waals surface area contributed by atoms with Crippen molar-refractivity contribution in [1.29, 1.82) is 0 Å². The molecule has 244 valence electrons. The van der Waals surface area contributed by atoms with Crippen molar-refractivity contribution in [1.82, 2.24) is 0 Å². The lowest BCUT2D eigenvalue weighted by Gasteiger charge is -2.21. The van der Waals surface area contributed by atoms with Gasteiger partial charge in [-0.05, 0) is 100 Å². The lowest BCUT2D eigenvalue weighted by molar-refractivity contribution is 0.660. The SMILES string of the molecule is CC1(C)c2ccccc2-c2cc(-c3cccc4c3sc3cc(-c5c6ccccc6c(-c6cccc7ccccc67)c6ccccc56)ccc34)ccc21. The van der Waals surface area contributed by atoms with Gasteiger partial charge in [-0.15, -0.1) is 11.3 Å². The van der Waals surface area contributed by atoms with Gasteiger partial charge < -0.3 is 0 Å². The van der Waals surface area contributed by atoms with Crippen LogP contribution in [-0.4, -0.2) is 0 Å². The number of thiophene rings is 1. The van der Waals surface area contributed by atoms with E-state index < -0.39 is 0 Å². The Morgan fingerprint density at radius 2 is 0.923 bits per heavy atom. The first-order chi connectivity index (χ1) is 25.6. The third kappa shape index (κ3) is 4.15. The van der Waals surface area contributed by atoms with Gasteiger partial charge in [-0.1, -0.05) is 172 Å². The Bertz CT molecular complexity index is 3040. The molecular weight excluding hydrogens is 645 g/mol. The van der Waals surface area contributed by atoms with Gasteiger partial charge in [0.05, 0.1) is 0 Å². The molecule has 0 unspecified atom stereocenters. The minimum atomic E-state index is 0.00586. The van der Waals surface area contributed by atoms with Gasteiger partial charge >= 0.3 is 0 Å². The first-order valence-electron chi connectivity index (χ1n) is 18.2. The van der Waals surface area contributed by atoms with Crippen molar-refractivity contribution in [3.05, 3.63) is 181 Å². The molecule has 9 aromatic carbocycles. The molecule has 0 nitrogen and oxygen atoms in total. The Kier molecular flexibility index (Phi) is 6.27. The highest BCUT2D eigenvalue weighted by atomic mass is 32.1. The highest BCUT2D eigenvalue weighted by Gasteiger charge is 2.35. The maximum absolute atomic E-state index is 2.44. The largest absolute Gasteiger partial charge is 0.135 e. The molecular formula is C51H34S. The van der Waals surface area contributed by atoms with Gasteiger partial charge in [0.15, 0.2) is 0 Å². The first-order valence-corrected chi connectivity index (χ1v) is 19.0. The normalized spacial score (nSPS) is 13.3. The van der Waals surface area contributed by atoms with E-state index >= 15 is 0 Å². The van der Waals surface area contributed by atoms with Crippen molar-refractivity contribution < 1.29 is 0 Å². The van der Waals surface area contributed by atoms with E-state index in [2.05, 4.69) is 184 Å². The molecule has 0 N–H and O–H groups in total. The lowest BCUT2D eigenvalue weighted by atomic mass is 9.82. The standard InChI is InChI=1S/C51H34S/c1-51(2)45-24-10-9-16-36(45)44-29-32(26-28-46(44)51)35-21-12-23-43-37-27-25-33(30-47(37)52-50(35)43)48-39-17-5-7-19-41(39)49(42-20-8-6-18-40(42)48)38-22-11-14-31-13-3-4-15-34(31)38/h3-30H,1-2H3. The van der Waals surface area contributed by atoms with Crippen molar-refractivity contribution in [3.8, 4) is 44.5 Å². The van der Waals surface area contributed by atoms with Crippen molar-refractivity contribution in [2.45, 2.75) is 19.3 Å². The van der Waals surface area contributed by atoms with Crippen molar-refractivity contribution in [2.24, 2.45) is 0 Å². The van der Waals surface area contributed by atoms with E-state index in [9.17, 15) is 0 Å². The van der Waals surface area contributed by atoms with Gasteiger partial charge in [-0.3, -0.25) is 0 Å². The highest BCUT2D eigenvalue weighted by molar-refractivity contribution is 7.26. The van der Waals surface area contributed by atoms with E-state index in [1.54, 1.807) is 0 Å². The number of fused-ring (bicyclic) bond motifs is 9. The molecule has 11 rings (SSSR count). The van der Waals surface area contributed by atoms with Crippen LogP contribution in [0.2, 0.25) is 0 Å². The molecule has 1 aliphatic rings. The van der Waals surface area contributed by atoms with Crippen LogP contribution in [0.4, 0.5) is 0 Å². The predicted molar refractivity (Wildman–Crippen MR) is 226 cm³/mol. The summed E-state index contributed by atoms with van der Waals surface area (Å²) in [5.41, 5.74) is 13.3. The molecule has 1 aromatic heterocycles. The molecule has 10 aromatic rings. The average Bonchev–Trinajstić information content (AvgIpc) is 3.68. The van der Waals surface area contributed by atoms with Crippen molar-refractivity contribution in [3.63, 3.8) is 0 Å². The molecule has 1 aliphatic carbocycles. The molecule has 0 saturated heterocycles. The molecule has 0 fully saturated rings. The van der Waals surface area contributed by atoms with Crippen LogP contribution < -0.4 is 0 Å². The maximum Gasteiger partial charge on any atom is 0.0433 e. The van der Waals surface area contributed by atoms with Gasteiger partial charge in [-0.2, -0.15) is 0 Å². The minimum Gasteiger partial charge on any atom is -0.135 e. The second-order valence-electron chi connectivity index (χ2n) is 14.8. The summed E-state index contributed by atoms with van der Waals surface area (Å²) in [4.78, 5) is 0. The molecule has 0 atom stereocenters. The van der Waals surface area contributed by atoms with Crippen molar-refractivity contribution in [2.75, 3.05) is 0 Å². The van der Waals surface area contributed by atoms with Crippen LogP contribution in [0.25, 0.3) is 97.0 Å². The summed E-state index contributed by atoms with van der Waals surface area (Å²) in [6, 6.07) is 63.5. The van der Waals surface area contributed by atoms with E-state index in [1.165, 1.54) is 108 Å². The summed E-state index contributed by atoms with van der Waals surface area (Å²) in [6.07, 6.45) is 0. The fourth-order valence-electron chi connectivity index (χ4n) is 9.24. The summed E-state index contributed by atoms with van der Waals surface area (Å²) in [7, 11) is 0. The topological polar surface area (TPSA) is 0 Å². The Morgan fingerprint density at radius 3 is 1.71 bits per heavy atom. The monoisotopic (exact) mass is 678 g/mol. The zero-order valence-electron chi connectivity index (χ0n) is 29.1. The molecule has 0 radical (unpaired) electrons. The Labute approximate surface area is 307 Å². The summed E-state index contributed by atoms with van der Waals surface area (Å²) in [5.74, 6) is 0. The Balaban J connectivity index is 1.12. The second kappa shape index (κ2) is 11.0. The summed E-state index contributed by atoms with van der Waals surface area (Å²) < 4.78 is 2.67. The summed E-state index contributed by atoms with van der Waals surface area (Å²) >= 11 is 1.92. The van der Waals surface area contributed by atoms with Gasteiger partial charge in [0.25, 0.3) is 0 Å². The van der Waals surface area contributed by atoms with Gasteiger partial charge in [-0.25, -0.2) is 0 Å². The third-order valence-corrected chi connectivity index (χ3v) is 12.9. The van der Waals surface area contributed by atoms with Crippen LogP contribution >= 0.6 is 11.3 Å². The molecule has 1 heterocycles. The molecule has 0 spiro atoms. The molecule has 0 aliphatic heterocycles. The quantitative estimate of drug-likeness (QED) is 0.163. The Morgan fingerprint density at radius 1 is 0.365 bits per heavy atom. The molecule has 0 bridgehead atoms. The predicted octanol–water partition coefficient (Wildman–Crippen LogP) is 14.8. The minimum absolute atomic E-state index is 0.00586. The van der Waals surface area contributed by atoms with Gasteiger partial charge in [0, 0.05) is 25.6 Å². The van der Waals surface area contributed by atoms with Crippen LogP contribution in [0.3, 0.4) is 0 Å². The molecule has 52 heavy (non-hydrogen) atoms. The van der Waals surface area contributed by atoms with Crippen LogP contribution in [-0.2, 0) is 5.41 Å². The zero-order valence-corrected chi connectivity index (χ0v) is 29.9. The maximum atomic E-state index is 2.44. The van der Waals surface area contributed by atoms with E-state index in [-0.39, 0.29) is 5.41 Å². The number of benzene rings is 9. The van der Waals surface area contributed by atoms with E-state index in [0.29, 0.717) is 0 Å². The first kappa shape index (κ1) is 29.7. The van der Waals surface area contributed by atoms with Crippen LogP contribution in [0, 0.1) is 0 Å².